The van der Waals surface area contributed by atoms with Gasteiger partial charge in [-0.15, -0.1) is 0 Å². The van der Waals surface area contributed by atoms with Crippen molar-refractivity contribution in [3.05, 3.63) is 53.1 Å². The van der Waals surface area contributed by atoms with Gasteiger partial charge in [0.15, 0.2) is 15.0 Å². The summed E-state index contributed by atoms with van der Waals surface area (Å²) in [5.41, 5.74) is 4.20. The van der Waals surface area contributed by atoms with Crippen LogP contribution in [-0.2, 0) is 14.6 Å². The molecule has 6 nitrogen and oxygen atoms in total. The Hall–Kier alpha value is -2.29. The fraction of sp³-hybridized carbons (Fsp3) is 0.462. The first kappa shape index (κ1) is 26.3. The highest BCUT2D eigenvalue weighted by atomic mass is 32.2. The van der Waals surface area contributed by atoms with E-state index in [1.807, 2.05) is 13.8 Å². The molecular formula is C26H35N3O3S2. The van der Waals surface area contributed by atoms with Gasteiger partial charge in [-0.25, -0.2) is 13.4 Å². The van der Waals surface area contributed by atoms with E-state index in [0.717, 1.165) is 41.0 Å². The number of likely N-dealkylation sites (N-methyl/N-ethyl adjacent to an activating group) is 1. The van der Waals surface area contributed by atoms with E-state index < -0.39 is 9.84 Å². The van der Waals surface area contributed by atoms with Crippen molar-refractivity contribution in [3.63, 3.8) is 0 Å². The number of carbonyl (C=O) groups excluding carboxylic acids is 1. The van der Waals surface area contributed by atoms with Gasteiger partial charge in [0.2, 0.25) is 5.91 Å². The molecular weight excluding hydrogens is 466 g/mol. The van der Waals surface area contributed by atoms with E-state index in [4.69, 9.17) is 4.98 Å². The first-order valence-electron chi connectivity index (χ1n) is 11.8. The molecule has 0 bridgehead atoms. The van der Waals surface area contributed by atoms with Gasteiger partial charge >= 0.3 is 0 Å². The second kappa shape index (κ2) is 11.4. The number of hydrogen-bond acceptors (Lipinski definition) is 6. The standard InChI is InChI=1S/C26H35N3O3S2/c1-6-28(7-2)14-15-29(26-27-25-21(5)17-20(4)18-23(25)33-26)24(30)9-8-16-34(31,32)22-12-10-19(3)11-13-22/h10-13,17-18H,6-9,14-16H2,1-5H3. The third-order valence-corrected chi connectivity index (χ3v) is 8.91. The van der Waals surface area contributed by atoms with Crippen molar-refractivity contribution in [1.82, 2.24) is 9.88 Å². The summed E-state index contributed by atoms with van der Waals surface area (Å²) in [6.07, 6.45) is 0.442. The summed E-state index contributed by atoms with van der Waals surface area (Å²) < 4.78 is 26.5. The molecule has 1 aromatic heterocycles. The molecule has 1 amide bonds. The quantitative estimate of drug-likeness (QED) is 0.363. The molecule has 0 spiro atoms. The van der Waals surface area contributed by atoms with E-state index in [2.05, 4.69) is 37.8 Å². The molecule has 0 aliphatic carbocycles. The molecule has 1 heterocycles. The van der Waals surface area contributed by atoms with Crippen LogP contribution in [0.15, 0.2) is 41.3 Å². The van der Waals surface area contributed by atoms with E-state index in [0.29, 0.717) is 16.6 Å². The van der Waals surface area contributed by atoms with Gasteiger partial charge < -0.3 is 4.90 Å². The maximum absolute atomic E-state index is 13.3. The lowest BCUT2D eigenvalue weighted by Crippen LogP contribution is -2.38. The third kappa shape index (κ3) is 6.43. The van der Waals surface area contributed by atoms with Crippen LogP contribution in [0.2, 0.25) is 0 Å². The van der Waals surface area contributed by atoms with Gasteiger partial charge in [-0.05, 0) is 69.6 Å². The van der Waals surface area contributed by atoms with Crippen molar-refractivity contribution in [3.8, 4) is 0 Å². The van der Waals surface area contributed by atoms with Gasteiger partial charge in [0.25, 0.3) is 0 Å². The Morgan fingerprint density at radius 1 is 0.971 bits per heavy atom. The number of carbonyl (C=O) groups is 1. The zero-order chi connectivity index (χ0) is 24.9. The molecule has 184 valence electrons. The largest absolute Gasteiger partial charge is 0.302 e. The number of thiazole rings is 1. The molecule has 2 aromatic carbocycles. The second-order valence-electron chi connectivity index (χ2n) is 8.73. The molecule has 0 fully saturated rings. The van der Waals surface area contributed by atoms with Crippen LogP contribution >= 0.6 is 11.3 Å². The number of rotatable bonds is 11. The van der Waals surface area contributed by atoms with Crippen molar-refractivity contribution in [2.45, 2.75) is 52.4 Å². The number of sulfone groups is 1. The highest BCUT2D eigenvalue weighted by molar-refractivity contribution is 7.91. The van der Waals surface area contributed by atoms with Crippen LogP contribution in [0.4, 0.5) is 5.13 Å². The number of amides is 1. The van der Waals surface area contributed by atoms with Crippen molar-refractivity contribution in [1.29, 1.82) is 0 Å². The average Bonchev–Trinajstić information content (AvgIpc) is 3.21. The molecule has 0 saturated heterocycles. The summed E-state index contributed by atoms with van der Waals surface area (Å²) in [4.78, 5) is 22.4. The number of anilines is 1. The van der Waals surface area contributed by atoms with E-state index in [1.165, 1.54) is 16.9 Å². The number of aryl methyl sites for hydroxylation is 3. The van der Waals surface area contributed by atoms with Crippen molar-refractivity contribution < 1.29 is 13.2 Å². The van der Waals surface area contributed by atoms with Crippen LogP contribution in [0.5, 0.6) is 0 Å². The lowest BCUT2D eigenvalue weighted by Gasteiger charge is -2.24. The fourth-order valence-corrected chi connectivity index (χ4v) is 6.49. The Morgan fingerprint density at radius 3 is 2.29 bits per heavy atom. The first-order chi connectivity index (χ1) is 16.1. The van der Waals surface area contributed by atoms with E-state index in [-0.39, 0.29) is 24.5 Å². The van der Waals surface area contributed by atoms with Crippen molar-refractivity contribution in [2.75, 3.05) is 36.8 Å². The topological polar surface area (TPSA) is 70.6 Å². The minimum atomic E-state index is -3.42. The number of aromatic nitrogens is 1. The van der Waals surface area contributed by atoms with E-state index in [9.17, 15) is 13.2 Å². The summed E-state index contributed by atoms with van der Waals surface area (Å²) >= 11 is 1.52. The van der Waals surface area contributed by atoms with Gasteiger partial charge in [0, 0.05) is 19.5 Å². The maximum Gasteiger partial charge on any atom is 0.228 e. The number of hydrogen-bond donors (Lipinski definition) is 0. The van der Waals surface area contributed by atoms with Gasteiger partial charge in [0.05, 0.1) is 20.9 Å². The normalized spacial score (nSPS) is 11.9. The zero-order valence-electron chi connectivity index (χ0n) is 20.8. The number of benzene rings is 2. The predicted molar refractivity (Wildman–Crippen MR) is 142 cm³/mol. The van der Waals surface area contributed by atoms with Crippen molar-refractivity contribution in [2.24, 2.45) is 0 Å². The lowest BCUT2D eigenvalue weighted by molar-refractivity contribution is -0.118. The molecule has 0 aliphatic rings. The van der Waals surface area contributed by atoms with Crippen LogP contribution in [0.1, 0.15) is 43.4 Å². The number of fused-ring (bicyclic) bond motifs is 1. The highest BCUT2D eigenvalue weighted by Gasteiger charge is 2.22. The zero-order valence-corrected chi connectivity index (χ0v) is 22.4. The Kier molecular flexibility index (Phi) is 8.84. The molecule has 8 heteroatoms. The van der Waals surface area contributed by atoms with E-state index in [1.54, 1.807) is 29.2 Å². The Labute approximate surface area is 207 Å². The molecule has 3 rings (SSSR count). The predicted octanol–water partition coefficient (Wildman–Crippen LogP) is 5.15. The number of nitrogens with zero attached hydrogens (tertiary/aromatic N) is 3. The lowest BCUT2D eigenvalue weighted by atomic mass is 10.1. The Morgan fingerprint density at radius 2 is 1.65 bits per heavy atom. The fourth-order valence-electron chi connectivity index (χ4n) is 3.99. The molecule has 0 N–H and O–H groups in total. The Balaban J connectivity index is 1.77. The minimum Gasteiger partial charge on any atom is -0.302 e. The maximum atomic E-state index is 13.3. The highest BCUT2D eigenvalue weighted by Crippen LogP contribution is 2.32. The molecule has 3 aromatic rings. The third-order valence-electron chi connectivity index (χ3n) is 6.07. The molecule has 0 saturated carbocycles. The summed E-state index contributed by atoms with van der Waals surface area (Å²) in [6, 6.07) is 11.1. The van der Waals surface area contributed by atoms with Crippen LogP contribution in [0.3, 0.4) is 0 Å². The van der Waals surface area contributed by atoms with Gasteiger partial charge in [0.1, 0.15) is 0 Å². The van der Waals surface area contributed by atoms with Crippen LogP contribution in [-0.4, -0.2) is 56.1 Å². The summed E-state index contributed by atoms with van der Waals surface area (Å²) in [6.45, 7) is 13.3. The summed E-state index contributed by atoms with van der Waals surface area (Å²) in [7, 11) is -3.42. The minimum absolute atomic E-state index is 0.0518. The summed E-state index contributed by atoms with van der Waals surface area (Å²) in [5.74, 6) is -0.135. The van der Waals surface area contributed by atoms with Crippen LogP contribution in [0.25, 0.3) is 10.2 Å². The van der Waals surface area contributed by atoms with Gasteiger partial charge in [-0.2, -0.15) is 0 Å². The van der Waals surface area contributed by atoms with Crippen LogP contribution in [0, 0.1) is 20.8 Å². The smallest absolute Gasteiger partial charge is 0.228 e. The van der Waals surface area contributed by atoms with Gasteiger partial charge in [-0.1, -0.05) is 48.9 Å². The monoisotopic (exact) mass is 501 g/mol. The SMILES string of the molecule is CCN(CC)CCN(C(=O)CCCS(=O)(=O)c1ccc(C)cc1)c1nc2c(C)cc(C)cc2s1. The Bertz CT molecular complexity index is 1230. The van der Waals surface area contributed by atoms with Crippen molar-refractivity contribution >= 4 is 42.4 Å². The molecule has 0 radical (unpaired) electrons. The molecule has 0 unspecified atom stereocenters. The van der Waals surface area contributed by atoms with E-state index >= 15 is 0 Å². The molecule has 0 aliphatic heterocycles. The van der Waals surface area contributed by atoms with Gasteiger partial charge in [-0.3, -0.25) is 9.69 Å². The molecule has 0 atom stereocenters. The summed E-state index contributed by atoms with van der Waals surface area (Å²) in [5, 5.41) is 0.683. The molecule has 34 heavy (non-hydrogen) atoms. The second-order valence-corrected chi connectivity index (χ2v) is 11.9. The first-order valence-corrected chi connectivity index (χ1v) is 14.3. The average molecular weight is 502 g/mol. The van der Waals surface area contributed by atoms with Crippen LogP contribution < -0.4 is 4.90 Å².